The number of ether oxygens (including phenoxy) is 1. The summed E-state index contributed by atoms with van der Waals surface area (Å²) in [5.41, 5.74) is -2.23. The largest absolute Gasteiger partial charge is 0.493 e. The zero-order chi connectivity index (χ0) is 43.1. The highest BCUT2D eigenvalue weighted by Gasteiger charge is 2.55. The lowest BCUT2D eigenvalue weighted by molar-refractivity contribution is -0.138. The minimum absolute atomic E-state index is 0.0884. The van der Waals surface area contributed by atoms with E-state index in [2.05, 4.69) is 25.8 Å². The molecule has 4 aliphatic rings. The standard InChI is InChI=1S/C42H46ClF3N8O5S/c1-4-25-17-29(54-39(60)53(38(58)40(54,2)3)30-21-31(42(44,45)46)33(22-47)48-23-30)5-7-34(25)59-16-11-24-9-14-52(15-10-24)41(12-13-41)37(57)50-28-19-26(43)18-27(20-28)49-32-6-8-35(55)51-36(32)56/h5,7,17-21,23-24,32,39,49,60H,4,6,8-16H2,1-3H3,(H,50,57)(H,51,55,56). The van der Waals surface area contributed by atoms with Gasteiger partial charge in [-0.25, -0.2) is 4.98 Å². The Morgan fingerprint density at radius 2 is 1.78 bits per heavy atom. The predicted octanol–water partition coefficient (Wildman–Crippen LogP) is 6.90. The number of amides is 4. The van der Waals surface area contributed by atoms with Gasteiger partial charge in [0.15, 0.2) is 11.2 Å². The van der Waals surface area contributed by atoms with Crippen LogP contribution in [-0.4, -0.2) is 75.8 Å². The average molecular weight is 867 g/mol. The number of carbonyl (C=O) groups excluding carboxylic acids is 4. The number of alkyl halides is 3. The highest BCUT2D eigenvalue weighted by molar-refractivity contribution is 7.81. The van der Waals surface area contributed by atoms with Gasteiger partial charge in [-0.15, -0.1) is 12.6 Å². The number of benzene rings is 2. The van der Waals surface area contributed by atoms with E-state index in [1.165, 1.54) is 6.07 Å². The molecule has 4 heterocycles. The highest BCUT2D eigenvalue weighted by Crippen LogP contribution is 2.46. The van der Waals surface area contributed by atoms with E-state index in [0.29, 0.717) is 53.2 Å². The Morgan fingerprint density at radius 1 is 1.07 bits per heavy atom. The van der Waals surface area contributed by atoms with Crippen LogP contribution in [0.25, 0.3) is 0 Å². The Hall–Kier alpha value is -5.05. The van der Waals surface area contributed by atoms with Crippen LogP contribution >= 0.6 is 24.2 Å². The zero-order valence-corrected chi connectivity index (χ0v) is 35.0. The lowest BCUT2D eigenvalue weighted by Crippen LogP contribution is -2.50. The number of hydrogen-bond acceptors (Lipinski definition) is 11. The number of likely N-dealkylation sites (tertiary alicyclic amines) is 1. The molecule has 2 atom stereocenters. The quantitative estimate of drug-likeness (QED) is 0.111. The van der Waals surface area contributed by atoms with Crippen LogP contribution in [-0.2, 0) is 31.8 Å². The van der Waals surface area contributed by atoms with Gasteiger partial charge in [0.25, 0.3) is 5.91 Å². The summed E-state index contributed by atoms with van der Waals surface area (Å²) in [7, 11) is 0. The molecular formula is C42H46ClF3N8O5S. The first-order valence-electron chi connectivity index (χ1n) is 20.0. The van der Waals surface area contributed by atoms with E-state index in [1.54, 1.807) is 36.9 Å². The van der Waals surface area contributed by atoms with E-state index in [4.69, 9.17) is 29.0 Å². The van der Waals surface area contributed by atoms with E-state index < -0.39 is 51.9 Å². The van der Waals surface area contributed by atoms with E-state index in [9.17, 15) is 37.6 Å². The lowest BCUT2D eigenvalue weighted by Gasteiger charge is -2.37. The molecule has 0 radical (unpaired) electrons. The number of imide groups is 1. The van der Waals surface area contributed by atoms with Crippen molar-refractivity contribution in [1.29, 1.82) is 5.26 Å². The smallest absolute Gasteiger partial charge is 0.419 e. The molecule has 4 fully saturated rings. The monoisotopic (exact) mass is 866 g/mol. The zero-order valence-electron chi connectivity index (χ0n) is 33.4. The fraction of sp³-hybridized carbons (Fsp3) is 0.476. The molecule has 4 amide bonds. The van der Waals surface area contributed by atoms with Crippen LogP contribution in [0.5, 0.6) is 5.75 Å². The van der Waals surface area contributed by atoms with Gasteiger partial charge in [0, 0.05) is 28.5 Å². The Labute approximate surface area is 356 Å². The molecule has 60 heavy (non-hydrogen) atoms. The highest BCUT2D eigenvalue weighted by atomic mass is 35.5. The molecule has 318 valence electrons. The Morgan fingerprint density at radius 3 is 2.43 bits per heavy atom. The summed E-state index contributed by atoms with van der Waals surface area (Å²) in [4.78, 5) is 60.1. The molecule has 3 saturated heterocycles. The SMILES string of the molecule is CCc1cc(N2C(S)N(c3cnc(C#N)c(C(F)(F)F)c3)C(=O)C2(C)C)ccc1OCCC1CCN(C2(C(=O)Nc3cc(Cl)cc(NC4CCC(=O)NC4=O)c3)CC2)CC1. The topological polar surface area (TPSA) is 160 Å². The van der Waals surface area contributed by atoms with Gasteiger partial charge in [-0.3, -0.25) is 34.3 Å². The van der Waals surface area contributed by atoms with Crippen molar-refractivity contribution in [2.24, 2.45) is 5.92 Å². The van der Waals surface area contributed by atoms with Crippen molar-refractivity contribution in [2.45, 2.75) is 101 Å². The van der Waals surface area contributed by atoms with E-state index >= 15 is 0 Å². The third kappa shape index (κ3) is 8.59. The van der Waals surface area contributed by atoms with Gasteiger partial charge in [0.05, 0.1) is 24.1 Å². The number of piperidine rings is 2. The molecule has 7 rings (SSSR count). The van der Waals surface area contributed by atoms with Gasteiger partial charge in [-0.05, 0) is 126 Å². The summed E-state index contributed by atoms with van der Waals surface area (Å²) in [6.07, 6.45) is 1.61. The normalized spacial score (nSPS) is 21.7. The van der Waals surface area contributed by atoms with Crippen LogP contribution in [0.1, 0.15) is 82.5 Å². The summed E-state index contributed by atoms with van der Waals surface area (Å²) in [5.74, 6) is -0.161. The van der Waals surface area contributed by atoms with Crippen molar-refractivity contribution in [3.63, 3.8) is 0 Å². The second kappa shape index (κ2) is 16.8. The number of anilines is 4. The third-order valence-corrected chi connectivity index (χ3v) is 12.6. The van der Waals surface area contributed by atoms with E-state index in [1.807, 2.05) is 25.1 Å². The number of aromatic nitrogens is 1. The Kier molecular flexibility index (Phi) is 12.0. The number of nitrogens with zero attached hydrogens (tertiary/aromatic N) is 5. The van der Waals surface area contributed by atoms with Crippen molar-refractivity contribution in [2.75, 3.05) is 40.1 Å². The van der Waals surface area contributed by atoms with Crippen molar-refractivity contribution >= 4 is 70.6 Å². The number of nitrogens with one attached hydrogen (secondary N) is 3. The molecule has 1 aromatic heterocycles. The van der Waals surface area contributed by atoms with Crippen LogP contribution in [0, 0.1) is 17.2 Å². The fourth-order valence-corrected chi connectivity index (χ4v) is 9.35. The molecular weight excluding hydrogens is 821 g/mol. The number of halogens is 4. The van der Waals surface area contributed by atoms with Gasteiger partial charge < -0.3 is 20.3 Å². The molecule has 13 nitrogen and oxygen atoms in total. The molecule has 3 aromatic rings. The van der Waals surface area contributed by atoms with Gasteiger partial charge in [-0.1, -0.05) is 18.5 Å². The summed E-state index contributed by atoms with van der Waals surface area (Å²) < 4.78 is 47.6. The molecule has 3 aliphatic heterocycles. The van der Waals surface area contributed by atoms with Crippen LogP contribution in [0.3, 0.4) is 0 Å². The first kappa shape index (κ1) is 43.1. The van der Waals surface area contributed by atoms with Crippen molar-refractivity contribution < 1.29 is 37.1 Å². The Balaban J connectivity index is 0.931. The Bertz CT molecular complexity index is 2240. The van der Waals surface area contributed by atoms with E-state index in [0.717, 1.165) is 67.9 Å². The molecule has 1 aliphatic carbocycles. The fourth-order valence-electron chi connectivity index (χ4n) is 8.45. The maximum Gasteiger partial charge on any atom is 0.419 e. The number of hydrogen-bond donors (Lipinski definition) is 4. The number of pyridine rings is 1. The van der Waals surface area contributed by atoms with Gasteiger partial charge >= 0.3 is 6.18 Å². The van der Waals surface area contributed by atoms with Crippen LogP contribution in [0.15, 0.2) is 48.7 Å². The average Bonchev–Trinajstić information content (AvgIpc) is 3.99. The summed E-state index contributed by atoms with van der Waals surface area (Å²) >= 11 is 11.1. The third-order valence-electron chi connectivity index (χ3n) is 12.0. The maximum absolute atomic E-state index is 13.8. The first-order valence-corrected chi connectivity index (χ1v) is 20.9. The van der Waals surface area contributed by atoms with Crippen LogP contribution in [0.2, 0.25) is 5.02 Å². The number of thiol groups is 1. The molecule has 0 spiro atoms. The molecule has 0 bridgehead atoms. The number of aryl methyl sites for hydroxylation is 1. The van der Waals surface area contributed by atoms with Crippen LogP contribution in [0.4, 0.5) is 35.9 Å². The molecule has 1 saturated carbocycles. The minimum Gasteiger partial charge on any atom is -0.493 e. The molecule has 2 aromatic carbocycles. The van der Waals surface area contributed by atoms with Gasteiger partial charge in [0.1, 0.15) is 28.9 Å². The van der Waals surface area contributed by atoms with E-state index in [-0.39, 0.29) is 23.9 Å². The second-order valence-electron chi connectivity index (χ2n) is 16.2. The van der Waals surface area contributed by atoms with Crippen molar-refractivity contribution in [3.05, 3.63) is 70.5 Å². The van der Waals surface area contributed by atoms with Crippen LogP contribution < -0.4 is 30.5 Å². The second-order valence-corrected chi connectivity index (χ2v) is 17.1. The van der Waals surface area contributed by atoms with Gasteiger partial charge in [-0.2, -0.15) is 18.4 Å². The summed E-state index contributed by atoms with van der Waals surface area (Å²) in [6.45, 7) is 7.37. The minimum atomic E-state index is -4.84. The number of rotatable bonds is 12. The molecule has 18 heteroatoms. The summed E-state index contributed by atoms with van der Waals surface area (Å²) in [6, 6.07) is 12.3. The number of nitriles is 1. The molecule has 3 N–H and O–H groups in total. The molecule has 2 unspecified atom stereocenters. The van der Waals surface area contributed by atoms with Crippen molar-refractivity contribution in [3.8, 4) is 11.8 Å². The summed E-state index contributed by atoms with van der Waals surface area (Å²) in [5, 5.41) is 18.1. The number of carbonyl (C=O) groups is 4. The lowest BCUT2D eigenvalue weighted by atomic mass is 9.92. The maximum atomic E-state index is 13.8. The van der Waals surface area contributed by atoms with Gasteiger partial charge in [0.2, 0.25) is 17.7 Å². The predicted molar refractivity (Wildman–Crippen MR) is 223 cm³/mol. The first-order chi connectivity index (χ1) is 28.4. The van der Waals surface area contributed by atoms with Crippen molar-refractivity contribution in [1.82, 2.24) is 15.2 Å².